The Morgan fingerprint density at radius 3 is 2.65 bits per heavy atom. The van der Waals surface area contributed by atoms with Gasteiger partial charge in [0.15, 0.2) is 0 Å². The van der Waals surface area contributed by atoms with Gasteiger partial charge in [-0.3, -0.25) is 4.79 Å². The first-order valence-corrected chi connectivity index (χ1v) is 6.32. The van der Waals surface area contributed by atoms with Crippen LogP contribution in [0.1, 0.15) is 53.4 Å². The molecule has 4 nitrogen and oxygen atoms in total. The minimum atomic E-state index is -0.704. The molecular formula is C13H22O4. The third-order valence-electron chi connectivity index (χ3n) is 3.32. The lowest BCUT2D eigenvalue weighted by Crippen LogP contribution is -2.32. The van der Waals surface area contributed by atoms with Gasteiger partial charge in [0.25, 0.3) is 0 Å². The lowest BCUT2D eigenvalue weighted by molar-refractivity contribution is -0.167. The SMILES string of the molecule is CCCC1CC(OC(=O)C(C)(C)CC)C(=O)O1. The Balaban J connectivity index is 2.53. The largest absolute Gasteiger partial charge is 0.459 e. The molecule has 0 aromatic rings. The van der Waals surface area contributed by atoms with E-state index in [9.17, 15) is 9.59 Å². The lowest BCUT2D eigenvalue weighted by atomic mass is 9.90. The van der Waals surface area contributed by atoms with Crippen LogP contribution in [0.2, 0.25) is 0 Å². The van der Waals surface area contributed by atoms with Gasteiger partial charge in [0.1, 0.15) is 6.10 Å². The summed E-state index contributed by atoms with van der Waals surface area (Å²) in [5, 5.41) is 0. The van der Waals surface area contributed by atoms with Crippen LogP contribution < -0.4 is 0 Å². The zero-order chi connectivity index (χ0) is 13.1. The van der Waals surface area contributed by atoms with Crippen LogP contribution in [-0.4, -0.2) is 24.1 Å². The minimum absolute atomic E-state index is 0.0879. The average Bonchev–Trinajstić information content (AvgIpc) is 2.60. The van der Waals surface area contributed by atoms with Crippen LogP contribution in [0.15, 0.2) is 0 Å². The third-order valence-corrected chi connectivity index (χ3v) is 3.32. The van der Waals surface area contributed by atoms with E-state index in [4.69, 9.17) is 9.47 Å². The molecule has 1 aliphatic heterocycles. The second-order valence-electron chi connectivity index (χ2n) is 5.21. The molecule has 98 valence electrons. The van der Waals surface area contributed by atoms with E-state index in [2.05, 4.69) is 0 Å². The van der Waals surface area contributed by atoms with Crippen molar-refractivity contribution in [2.75, 3.05) is 0 Å². The Hall–Kier alpha value is -1.06. The van der Waals surface area contributed by atoms with Gasteiger partial charge in [-0.1, -0.05) is 20.3 Å². The molecule has 0 aromatic carbocycles. The Morgan fingerprint density at radius 2 is 2.12 bits per heavy atom. The van der Waals surface area contributed by atoms with Crippen molar-refractivity contribution in [1.82, 2.24) is 0 Å². The fraction of sp³-hybridized carbons (Fsp3) is 0.846. The van der Waals surface area contributed by atoms with Crippen LogP contribution in [0.25, 0.3) is 0 Å². The second-order valence-corrected chi connectivity index (χ2v) is 5.21. The summed E-state index contributed by atoms with van der Waals surface area (Å²) in [6.45, 7) is 7.60. The van der Waals surface area contributed by atoms with Crippen molar-refractivity contribution in [3.63, 3.8) is 0 Å². The average molecular weight is 242 g/mol. The quantitative estimate of drug-likeness (QED) is 0.695. The molecule has 0 radical (unpaired) electrons. The number of hydrogen-bond acceptors (Lipinski definition) is 4. The maximum atomic E-state index is 11.8. The highest BCUT2D eigenvalue weighted by Gasteiger charge is 2.39. The number of rotatable bonds is 5. The minimum Gasteiger partial charge on any atom is -0.459 e. The highest BCUT2D eigenvalue weighted by molar-refractivity contribution is 5.83. The van der Waals surface area contributed by atoms with Gasteiger partial charge in [-0.05, 0) is 26.7 Å². The summed E-state index contributed by atoms with van der Waals surface area (Å²) >= 11 is 0. The monoisotopic (exact) mass is 242 g/mol. The van der Waals surface area contributed by atoms with E-state index in [0.717, 1.165) is 12.8 Å². The molecule has 1 heterocycles. The molecule has 0 N–H and O–H groups in total. The van der Waals surface area contributed by atoms with Crippen LogP contribution >= 0.6 is 0 Å². The van der Waals surface area contributed by atoms with E-state index in [-0.39, 0.29) is 12.1 Å². The van der Waals surface area contributed by atoms with Crippen LogP contribution in [-0.2, 0) is 19.1 Å². The van der Waals surface area contributed by atoms with Crippen molar-refractivity contribution in [3.05, 3.63) is 0 Å². The van der Waals surface area contributed by atoms with Gasteiger partial charge in [-0.2, -0.15) is 0 Å². The van der Waals surface area contributed by atoms with E-state index in [0.29, 0.717) is 12.8 Å². The Morgan fingerprint density at radius 1 is 1.47 bits per heavy atom. The number of carbonyl (C=O) groups is 2. The molecule has 2 unspecified atom stereocenters. The maximum absolute atomic E-state index is 11.8. The number of esters is 2. The first-order valence-electron chi connectivity index (χ1n) is 6.32. The summed E-state index contributed by atoms with van der Waals surface area (Å²) in [5.74, 6) is -0.720. The topological polar surface area (TPSA) is 52.6 Å². The molecule has 0 aliphatic carbocycles. The summed E-state index contributed by atoms with van der Waals surface area (Å²) < 4.78 is 10.4. The molecular weight excluding hydrogens is 220 g/mol. The molecule has 0 amide bonds. The summed E-state index contributed by atoms with van der Waals surface area (Å²) in [5.41, 5.74) is -0.539. The maximum Gasteiger partial charge on any atom is 0.347 e. The van der Waals surface area contributed by atoms with Gasteiger partial charge < -0.3 is 9.47 Å². The molecule has 17 heavy (non-hydrogen) atoms. The van der Waals surface area contributed by atoms with E-state index in [1.165, 1.54) is 0 Å². The number of cyclic esters (lactones) is 1. The first kappa shape index (κ1) is 14.0. The fourth-order valence-corrected chi connectivity index (χ4v) is 1.65. The molecule has 4 heteroatoms. The summed E-state index contributed by atoms with van der Waals surface area (Å²) in [4.78, 5) is 23.3. The number of hydrogen-bond donors (Lipinski definition) is 0. The van der Waals surface area contributed by atoms with Crippen LogP contribution in [0, 0.1) is 5.41 Å². The predicted molar refractivity (Wildman–Crippen MR) is 63.4 cm³/mol. The Labute approximate surface area is 103 Å². The lowest BCUT2D eigenvalue weighted by Gasteiger charge is -2.21. The third kappa shape index (κ3) is 3.45. The van der Waals surface area contributed by atoms with E-state index < -0.39 is 17.5 Å². The van der Waals surface area contributed by atoms with E-state index in [1.54, 1.807) is 0 Å². The molecule has 0 saturated carbocycles. The van der Waals surface area contributed by atoms with Crippen molar-refractivity contribution in [2.24, 2.45) is 5.41 Å². The number of ether oxygens (including phenoxy) is 2. The molecule has 1 aliphatic rings. The molecule has 0 bridgehead atoms. The first-order chi connectivity index (χ1) is 7.90. The van der Waals surface area contributed by atoms with Crippen molar-refractivity contribution in [3.8, 4) is 0 Å². The predicted octanol–water partition coefficient (Wildman–Crippen LogP) is 2.45. The standard InChI is InChI=1S/C13H22O4/c1-5-7-9-8-10(11(14)16-9)17-12(15)13(3,4)6-2/h9-10H,5-8H2,1-4H3. The van der Waals surface area contributed by atoms with Crippen LogP contribution in [0.5, 0.6) is 0 Å². The normalized spacial score (nSPS) is 24.6. The highest BCUT2D eigenvalue weighted by atomic mass is 16.6. The van der Waals surface area contributed by atoms with Gasteiger partial charge in [-0.15, -0.1) is 0 Å². The molecule has 0 aromatic heterocycles. The van der Waals surface area contributed by atoms with Gasteiger partial charge in [0, 0.05) is 6.42 Å². The van der Waals surface area contributed by atoms with Crippen LogP contribution in [0.4, 0.5) is 0 Å². The van der Waals surface area contributed by atoms with Crippen LogP contribution in [0.3, 0.4) is 0 Å². The summed E-state index contributed by atoms with van der Waals surface area (Å²) in [6.07, 6.45) is 2.18. The molecule has 1 rings (SSSR count). The molecule has 0 spiro atoms. The zero-order valence-electron chi connectivity index (χ0n) is 11.1. The smallest absolute Gasteiger partial charge is 0.347 e. The molecule has 1 fully saturated rings. The van der Waals surface area contributed by atoms with Crippen molar-refractivity contribution >= 4 is 11.9 Å². The van der Waals surface area contributed by atoms with Gasteiger partial charge in [0.05, 0.1) is 5.41 Å². The second kappa shape index (κ2) is 5.52. The van der Waals surface area contributed by atoms with E-state index in [1.807, 2.05) is 27.7 Å². The van der Waals surface area contributed by atoms with E-state index >= 15 is 0 Å². The Kier molecular flexibility index (Phi) is 4.54. The van der Waals surface area contributed by atoms with Gasteiger partial charge in [0.2, 0.25) is 6.10 Å². The summed E-state index contributed by atoms with van der Waals surface area (Å²) in [7, 11) is 0. The fourth-order valence-electron chi connectivity index (χ4n) is 1.65. The highest BCUT2D eigenvalue weighted by Crippen LogP contribution is 2.27. The van der Waals surface area contributed by atoms with Gasteiger partial charge >= 0.3 is 11.9 Å². The zero-order valence-corrected chi connectivity index (χ0v) is 11.1. The molecule has 1 saturated heterocycles. The van der Waals surface area contributed by atoms with Crippen molar-refractivity contribution < 1.29 is 19.1 Å². The van der Waals surface area contributed by atoms with Crippen molar-refractivity contribution in [1.29, 1.82) is 0 Å². The molecule has 2 atom stereocenters. The Bertz CT molecular complexity index is 296. The van der Waals surface area contributed by atoms with Crippen molar-refractivity contribution in [2.45, 2.75) is 65.6 Å². The summed E-state index contributed by atoms with van der Waals surface area (Å²) in [6, 6.07) is 0. The number of carbonyl (C=O) groups excluding carboxylic acids is 2. The van der Waals surface area contributed by atoms with Gasteiger partial charge in [-0.25, -0.2) is 4.79 Å².